The molecule has 1 aromatic rings. The van der Waals surface area contributed by atoms with Crippen LogP contribution in [-0.2, 0) is 14.8 Å². The minimum absolute atomic E-state index is 0.106. The molecule has 0 saturated carbocycles. The Morgan fingerprint density at radius 1 is 1.42 bits per heavy atom. The summed E-state index contributed by atoms with van der Waals surface area (Å²) in [5.74, 6) is -1.73. The van der Waals surface area contributed by atoms with Gasteiger partial charge in [0.05, 0.1) is 6.61 Å². The van der Waals surface area contributed by atoms with Gasteiger partial charge in [-0.25, -0.2) is 17.9 Å². The molecule has 8 heteroatoms. The van der Waals surface area contributed by atoms with Gasteiger partial charge in [0.15, 0.2) is 0 Å². The van der Waals surface area contributed by atoms with Gasteiger partial charge in [-0.05, 0) is 18.6 Å². The third-order valence-electron chi connectivity index (χ3n) is 2.24. The molecule has 0 aliphatic heterocycles. The van der Waals surface area contributed by atoms with E-state index in [-0.39, 0.29) is 13.2 Å². The van der Waals surface area contributed by atoms with E-state index in [1.165, 1.54) is 0 Å². The van der Waals surface area contributed by atoms with Crippen LogP contribution in [-0.4, -0.2) is 39.3 Å². The van der Waals surface area contributed by atoms with Gasteiger partial charge in [-0.3, -0.25) is 0 Å². The Hall–Kier alpha value is -1.38. The van der Waals surface area contributed by atoms with Crippen molar-refractivity contribution in [1.29, 1.82) is 0 Å². The lowest BCUT2D eigenvalue weighted by Crippen LogP contribution is -2.27. The topological polar surface area (TPSA) is 106 Å². The van der Waals surface area contributed by atoms with Crippen LogP contribution < -0.4 is 4.72 Å². The molecule has 0 aliphatic rings. The van der Waals surface area contributed by atoms with Crippen molar-refractivity contribution < 1.29 is 27.5 Å². The Morgan fingerprint density at radius 2 is 2.16 bits per heavy atom. The molecule has 0 fully saturated rings. The van der Waals surface area contributed by atoms with E-state index in [9.17, 15) is 13.2 Å². The fraction of sp³-hybridized carbons (Fsp3) is 0.545. The van der Waals surface area contributed by atoms with Gasteiger partial charge in [-0.15, -0.1) is 0 Å². The number of carboxylic acid groups (broad SMARTS) is 1. The molecular weight excluding hydrogens is 274 g/mol. The Morgan fingerprint density at radius 3 is 2.74 bits per heavy atom. The monoisotopic (exact) mass is 291 g/mol. The third-order valence-corrected chi connectivity index (χ3v) is 3.57. The zero-order chi connectivity index (χ0) is 14.3. The number of aromatic carboxylic acids is 1. The van der Waals surface area contributed by atoms with Crippen LogP contribution in [0.15, 0.2) is 21.6 Å². The van der Waals surface area contributed by atoms with Crippen molar-refractivity contribution in [2.24, 2.45) is 0 Å². The van der Waals surface area contributed by atoms with E-state index in [4.69, 9.17) is 14.3 Å². The van der Waals surface area contributed by atoms with Crippen LogP contribution in [0.1, 0.15) is 30.3 Å². The predicted octanol–water partition coefficient (Wildman–Crippen LogP) is 1.07. The summed E-state index contributed by atoms with van der Waals surface area (Å²) >= 11 is 0. The van der Waals surface area contributed by atoms with Crippen LogP contribution in [0.2, 0.25) is 0 Å². The molecule has 2 N–H and O–H groups in total. The number of ether oxygens (including phenoxy) is 1. The molecule has 0 atom stereocenters. The number of rotatable bonds is 9. The lowest BCUT2D eigenvalue weighted by atomic mass is 10.4. The summed E-state index contributed by atoms with van der Waals surface area (Å²) in [6.07, 6.45) is 1.93. The summed E-state index contributed by atoms with van der Waals surface area (Å²) in [5, 5.41) is 8.21. The van der Waals surface area contributed by atoms with Gasteiger partial charge < -0.3 is 14.3 Å². The van der Waals surface area contributed by atoms with E-state index in [1.807, 2.05) is 6.92 Å². The number of carboxylic acids is 1. The lowest BCUT2D eigenvalue weighted by Gasteiger charge is -2.05. The van der Waals surface area contributed by atoms with E-state index in [0.717, 1.165) is 25.0 Å². The molecule has 19 heavy (non-hydrogen) atoms. The second-order valence-corrected chi connectivity index (χ2v) is 5.49. The van der Waals surface area contributed by atoms with E-state index in [2.05, 4.69) is 4.72 Å². The van der Waals surface area contributed by atoms with E-state index >= 15 is 0 Å². The maximum absolute atomic E-state index is 11.7. The molecule has 0 unspecified atom stereocenters. The van der Waals surface area contributed by atoms with Crippen LogP contribution in [0.5, 0.6) is 0 Å². The Bertz CT molecular complexity index is 507. The number of furan rings is 1. The first kappa shape index (κ1) is 15.7. The summed E-state index contributed by atoms with van der Waals surface area (Å²) in [7, 11) is -3.83. The maximum Gasteiger partial charge on any atom is 0.371 e. The largest absolute Gasteiger partial charge is 0.475 e. The molecule has 1 rings (SSSR count). The van der Waals surface area contributed by atoms with Crippen LogP contribution in [0.4, 0.5) is 0 Å². The summed E-state index contributed by atoms with van der Waals surface area (Å²) in [5.41, 5.74) is 0. The second-order valence-electron chi connectivity index (χ2n) is 3.79. The summed E-state index contributed by atoms with van der Waals surface area (Å²) in [6, 6.07) is 2.19. The van der Waals surface area contributed by atoms with Crippen molar-refractivity contribution in [1.82, 2.24) is 4.72 Å². The maximum atomic E-state index is 11.7. The van der Waals surface area contributed by atoms with Gasteiger partial charge in [0, 0.05) is 13.2 Å². The quantitative estimate of drug-likeness (QED) is 0.659. The Labute approximate surface area is 111 Å². The SMILES string of the molecule is CCCCOCCNS(=O)(=O)c1ccc(C(=O)O)o1. The molecule has 0 amide bonds. The number of unbranched alkanes of at least 4 members (excludes halogenated alkanes) is 1. The predicted molar refractivity (Wildman–Crippen MR) is 66.6 cm³/mol. The zero-order valence-electron chi connectivity index (χ0n) is 10.6. The molecule has 0 radical (unpaired) electrons. The molecule has 0 aromatic carbocycles. The Kier molecular flexibility index (Phi) is 6.00. The van der Waals surface area contributed by atoms with Crippen molar-refractivity contribution >= 4 is 16.0 Å². The fourth-order valence-corrected chi connectivity index (χ4v) is 2.19. The summed E-state index contributed by atoms with van der Waals surface area (Å²) < 4.78 is 35.6. The van der Waals surface area contributed by atoms with Crippen molar-refractivity contribution in [3.63, 3.8) is 0 Å². The van der Waals surface area contributed by atoms with Crippen molar-refractivity contribution in [2.45, 2.75) is 24.9 Å². The van der Waals surface area contributed by atoms with Crippen LogP contribution in [0.3, 0.4) is 0 Å². The van der Waals surface area contributed by atoms with Crippen LogP contribution in [0, 0.1) is 0 Å². The van der Waals surface area contributed by atoms with Gasteiger partial charge in [0.2, 0.25) is 10.9 Å². The average Bonchev–Trinajstić information content (AvgIpc) is 2.84. The van der Waals surface area contributed by atoms with Crippen molar-refractivity contribution in [2.75, 3.05) is 19.8 Å². The third kappa shape index (κ3) is 5.01. The molecule has 0 aliphatic carbocycles. The van der Waals surface area contributed by atoms with E-state index in [0.29, 0.717) is 6.61 Å². The number of carbonyl (C=O) groups is 1. The van der Waals surface area contributed by atoms with Crippen molar-refractivity contribution in [3.05, 3.63) is 17.9 Å². The van der Waals surface area contributed by atoms with Gasteiger partial charge in [-0.1, -0.05) is 13.3 Å². The highest BCUT2D eigenvalue weighted by Gasteiger charge is 2.20. The van der Waals surface area contributed by atoms with Gasteiger partial charge in [0.25, 0.3) is 10.0 Å². The highest BCUT2D eigenvalue weighted by Crippen LogP contribution is 2.13. The molecule has 7 nitrogen and oxygen atoms in total. The smallest absolute Gasteiger partial charge is 0.371 e. The van der Waals surface area contributed by atoms with E-state index < -0.39 is 26.8 Å². The normalized spacial score (nSPS) is 11.6. The number of hydrogen-bond acceptors (Lipinski definition) is 5. The summed E-state index contributed by atoms with van der Waals surface area (Å²) in [4.78, 5) is 10.6. The zero-order valence-corrected chi connectivity index (χ0v) is 11.4. The molecular formula is C11H17NO6S. The first-order chi connectivity index (χ1) is 8.97. The minimum atomic E-state index is -3.83. The number of sulfonamides is 1. The van der Waals surface area contributed by atoms with E-state index in [1.54, 1.807) is 0 Å². The molecule has 1 heterocycles. The van der Waals surface area contributed by atoms with Crippen LogP contribution >= 0.6 is 0 Å². The first-order valence-electron chi connectivity index (χ1n) is 5.88. The first-order valence-corrected chi connectivity index (χ1v) is 7.36. The Balaban J connectivity index is 2.44. The number of nitrogens with one attached hydrogen (secondary N) is 1. The van der Waals surface area contributed by atoms with Crippen molar-refractivity contribution in [3.8, 4) is 0 Å². The number of hydrogen-bond donors (Lipinski definition) is 2. The molecule has 0 spiro atoms. The standard InChI is InChI=1S/C11H17NO6S/c1-2-3-7-17-8-6-12-19(15,16)10-5-4-9(18-10)11(13)14/h4-5,12H,2-3,6-8H2,1H3,(H,13,14). The molecule has 1 aromatic heterocycles. The second kappa shape index (κ2) is 7.27. The lowest BCUT2D eigenvalue weighted by molar-refractivity contribution is 0.0656. The average molecular weight is 291 g/mol. The highest BCUT2D eigenvalue weighted by molar-refractivity contribution is 7.89. The van der Waals surface area contributed by atoms with Crippen LogP contribution in [0.25, 0.3) is 0 Å². The summed E-state index contributed by atoms with van der Waals surface area (Å²) in [6.45, 7) is 2.98. The minimum Gasteiger partial charge on any atom is -0.475 e. The van der Waals surface area contributed by atoms with Gasteiger partial charge in [0.1, 0.15) is 0 Å². The molecule has 0 saturated heterocycles. The van der Waals surface area contributed by atoms with Gasteiger partial charge >= 0.3 is 5.97 Å². The fourth-order valence-electron chi connectivity index (χ4n) is 1.25. The highest BCUT2D eigenvalue weighted by atomic mass is 32.2. The molecule has 108 valence electrons. The molecule has 0 bridgehead atoms. The van der Waals surface area contributed by atoms with Gasteiger partial charge in [-0.2, -0.15) is 0 Å².